The third kappa shape index (κ3) is 10.6. The predicted octanol–water partition coefficient (Wildman–Crippen LogP) is 27.0. The molecule has 0 spiro atoms. The van der Waals surface area contributed by atoms with Crippen molar-refractivity contribution in [1.29, 1.82) is 0 Å². The molecule has 2 aliphatic rings. The summed E-state index contributed by atoms with van der Waals surface area (Å²) in [6.45, 7) is 9.40. The van der Waals surface area contributed by atoms with Gasteiger partial charge in [0.15, 0.2) is 0 Å². The van der Waals surface area contributed by atoms with Crippen molar-refractivity contribution in [3.8, 4) is 77.9 Å². The molecule has 0 amide bonds. The monoisotopic (exact) mass is 1170 g/mol. The molecule has 450 valence electrons. The molecule has 0 heterocycles. The molecule has 14 rings (SSSR count). The van der Waals surface area contributed by atoms with Crippen LogP contribution in [0.3, 0.4) is 0 Å². The highest BCUT2D eigenvalue weighted by molar-refractivity contribution is 6.30. The third-order valence-corrected chi connectivity index (χ3v) is 21.5. The van der Waals surface area contributed by atoms with E-state index in [0.717, 1.165) is 0 Å². The van der Waals surface area contributed by atoms with Crippen molar-refractivity contribution < 1.29 is 0 Å². The van der Waals surface area contributed by atoms with Crippen molar-refractivity contribution in [3.05, 3.63) is 253 Å². The van der Waals surface area contributed by atoms with E-state index in [2.05, 4.69) is 258 Å². The Morgan fingerprint density at radius 2 is 0.433 bits per heavy atom. The van der Waals surface area contributed by atoms with Crippen LogP contribution in [-0.2, 0) is 10.8 Å². The summed E-state index contributed by atoms with van der Waals surface area (Å²) in [6, 6.07) is 90.2. The molecule has 0 radical (unpaired) electrons. The number of rotatable bonds is 25. The summed E-state index contributed by atoms with van der Waals surface area (Å²) in [4.78, 5) is 0. The Hall–Kier alpha value is -8.32. The standard InChI is InChI=1S/C90H90/c1-5-9-13-31-55-89(56-32-14-10-6-2)81-59-65(63-35-19-17-20-36-63)47-51-69(81)71-53-49-67(61-83(71)89)85-73-39-23-27-43-77(73)87(78-44-28-24-40-74(78)85)88-79-45-29-25-41-75(79)86(76-42-26-30-46-80(76)88)68-50-54-72-70-52-48-66(64-37-21-18-22-38-64)60-82(70)90(84(72)62-68,57-33-15-11-7-3)58-34-16-12-8-4/h17-30,35-54,59-62H,5-16,31-34,55-58H2,1-4H3. The fourth-order valence-corrected chi connectivity index (χ4v) is 17.1. The minimum absolute atomic E-state index is 0.0719. The van der Waals surface area contributed by atoms with Crippen LogP contribution >= 0.6 is 0 Å². The van der Waals surface area contributed by atoms with Gasteiger partial charge in [-0.05, 0) is 193 Å². The highest BCUT2D eigenvalue weighted by Gasteiger charge is 2.44. The zero-order chi connectivity index (χ0) is 61.0. The van der Waals surface area contributed by atoms with Crippen LogP contribution in [0, 0.1) is 0 Å². The van der Waals surface area contributed by atoms with Crippen LogP contribution in [0.5, 0.6) is 0 Å². The zero-order valence-electron chi connectivity index (χ0n) is 54.1. The van der Waals surface area contributed by atoms with Gasteiger partial charge in [-0.15, -0.1) is 0 Å². The molecule has 12 aromatic carbocycles. The molecule has 0 unspecified atom stereocenters. The number of benzene rings is 12. The average Bonchev–Trinajstić information content (AvgIpc) is 1.18. The van der Waals surface area contributed by atoms with Gasteiger partial charge in [0.05, 0.1) is 0 Å². The predicted molar refractivity (Wildman–Crippen MR) is 391 cm³/mol. The fourth-order valence-electron chi connectivity index (χ4n) is 17.1. The number of unbranched alkanes of at least 4 members (excludes halogenated alkanes) is 12. The first-order valence-electron chi connectivity index (χ1n) is 35.1. The molecule has 0 aromatic heterocycles. The molecular weight excluding hydrogens is 1080 g/mol. The Morgan fingerprint density at radius 3 is 0.700 bits per heavy atom. The van der Waals surface area contributed by atoms with Gasteiger partial charge < -0.3 is 0 Å². The number of fused-ring (bicyclic) bond motifs is 10. The second-order valence-electron chi connectivity index (χ2n) is 26.9. The normalized spacial score (nSPS) is 13.5. The van der Waals surface area contributed by atoms with Crippen molar-refractivity contribution in [2.45, 2.75) is 167 Å². The minimum Gasteiger partial charge on any atom is -0.0654 e. The molecule has 0 heteroatoms. The van der Waals surface area contributed by atoms with Gasteiger partial charge >= 0.3 is 0 Å². The maximum absolute atomic E-state index is 2.69. The Bertz CT molecular complexity index is 4110. The highest BCUT2D eigenvalue weighted by atomic mass is 14.5. The molecule has 0 saturated carbocycles. The molecule has 90 heavy (non-hydrogen) atoms. The van der Waals surface area contributed by atoms with Crippen LogP contribution in [0.25, 0.3) is 121 Å². The van der Waals surface area contributed by atoms with Crippen molar-refractivity contribution in [2.75, 3.05) is 0 Å². The molecular formula is C90H90. The van der Waals surface area contributed by atoms with Gasteiger partial charge in [0, 0.05) is 10.8 Å². The maximum Gasteiger partial charge on any atom is 0.0215 e. The summed E-state index contributed by atoms with van der Waals surface area (Å²) in [5, 5.41) is 10.5. The number of hydrogen-bond acceptors (Lipinski definition) is 0. The Morgan fingerprint density at radius 1 is 0.200 bits per heavy atom. The molecule has 12 aromatic rings. The van der Waals surface area contributed by atoms with Gasteiger partial charge in [-0.2, -0.15) is 0 Å². The third-order valence-electron chi connectivity index (χ3n) is 21.5. The summed E-state index contributed by atoms with van der Waals surface area (Å²) in [5.74, 6) is 0. The topological polar surface area (TPSA) is 0 Å². The largest absolute Gasteiger partial charge is 0.0654 e. The molecule has 0 nitrogen and oxygen atoms in total. The lowest BCUT2D eigenvalue weighted by molar-refractivity contribution is 0.401. The van der Waals surface area contributed by atoms with E-state index in [1.54, 1.807) is 11.1 Å². The summed E-state index contributed by atoms with van der Waals surface area (Å²) in [6.07, 6.45) is 24.8. The lowest BCUT2D eigenvalue weighted by atomic mass is 9.69. The Kier molecular flexibility index (Phi) is 17.3. The van der Waals surface area contributed by atoms with Gasteiger partial charge in [-0.1, -0.05) is 337 Å². The van der Waals surface area contributed by atoms with E-state index in [1.807, 2.05) is 0 Å². The Labute approximate surface area is 537 Å². The van der Waals surface area contributed by atoms with Crippen molar-refractivity contribution in [2.24, 2.45) is 0 Å². The zero-order valence-corrected chi connectivity index (χ0v) is 54.1. The lowest BCUT2D eigenvalue weighted by Gasteiger charge is -2.33. The van der Waals surface area contributed by atoms with E-state index in [9.17, 15) is 0 Å². The molecule has 0 atom stereocenters. The highest BCUT2D eigenvalue weighted by Crippen LogP contribution is 2.59. The second kappa shape index (κ2) is 26.3. The molecule has 0 saturated heterocycles. The van der Waals surface area contributed by atoms with Crippen LogP contribution in [-0.4, -0.2) is 0 Å². The van der Waals surface area contributed by atoms with Crippen molar-refractivity contribution in [3.63, 3.8) is 0 Å². The van der Waals surface area contributed by atoms with E-state index in [1.165, 1.54) is 261 Å². The van der Waals surface area contributed by atoms with Crippen molar-refractivity contribution in [1.82, 2.24) is 0 Å². The van der Waals surface area contributed by atoms with E-state index in [0.29, 0.717) is 0 Å². The molecule has 2 aliphatic carbocycles. The van der Waals surface area contributed by atoms with Gasteiger partial charge in [0.2, 0.25) is 0 Å². The first kappa shape index (κ1) is 59.3. The van der Waals surface area contributed by atoms with Gasteiger partial charge in [0.25, 0.3) is 0 Å². The van der Waals surface area contributed by atoms with E-state index >= 15 is 0 Å². The van der Waals surface area contributed by atoms with E-state index in [4.69, 9.17) is 0 Å². The van der Waals surface area contributed by atoms with Crippen LogP contribution in [0.1, 0.15) is 178 Å². The molecule has 0 fully saturated rings. The Balaban J connectivity index is 0.955. The van der Waals surface area contributed by atoms with E-state index < -0.39 is 0 Å². The summed E-state index contributed by atoms with van der Waals surface area (Å²) in [7, 11) is 0. The SMILES string of the molecule is CCCCCCC1(CCCCCC)c2cc(-c3ccccc3)ccc2-c2ccc(-c3c4ccccc4c(-c4c5ccccc5c(-c5ccc6c(c5)C(CCCCCC)(CCCCCC)c5cc(-c7ccccc7)ccc5-6)c5ccccc45)c4ccccc34)cc21. The van der Waals surface area contributed by atoms with Crippen LogP contribution in [0.15, 0.2) is 231 Å². The van der Waals surface area contributed by atoms with Gasteiger partial charge in [0.1, 0.15) is 0 Å². The smallest absolute Gasteiger partial charge is 0.0215 e. The fraction of sp³-hybridized carbons (Fsp3) is 0.289. The first-order chi connectivity index (χ1) is 44.5. The summed E-state index contributed by atoms with van der Waals surface area (Å²) >= 11 is 0. The quantitative estimate of drug-likeness (QED) is 0.0395. The summed E-state index contributed by atoms with van der Waals surface area (Å²) in [5.41, 5.74) is 25.0. The first-order valence-corrected chi connectivity index (χ1v) is 35.1. The molecule has 0 N–H and O–H groups in total. The average molecular weight is 1170 g/mol. The van der Waals surface area contributed by atoms with Crippen LogP contribution in [0.4, 0.5) is 0 Å². The second-order valence-corrected chi connectivity index (χ2v) is 26.9. The van der Waals surface area contributed by atoms with Gasteiger partial charge in [-0.3, -0.25) is 0 Å². The molecule has 0 bridgehead atoms. The molecule has 0 aliphatic heterocycles. The van der Waals surface area contributed by atoms with Crippen molar-refractivity contribution >= 4 is 43.1 Å². The maximum atomic E-state index is 2.69. The van der Waals surface area contributed by atoms with Gasteiger partial charge in [-0.25, -0.2) is 0 Å². The van der Waals surface area contributed by atoms with E-state index in [-0.39, 0.29) is 10.8 Å². The summed E-state index contributed by atoms with van der Waals surface area (Å²) < 4.78 is 0. The minimum atomic E-state index is -0.0719. The van der Waals surface area contributed by atoms with Crippen LogP contribution < -0.4 is 0 Å². The van der Waals surface area contributed by atoms with Crippen LogP contribution in [0.2, 0.25) is 0 Å². The lowest BCUT2D eigenvalue weighted by Crippen LogP contribution is -2.25. The number of hydrogen-bond donors (Lipinski definition) is 0.